The molecule has 3 rings (SSSR count). The largest absolute Gasteiger partial charge is 0.369 e. The van der Waals surface area contributed by atoms with Crippen molar-refractivity contribution in [2.24, 2.45) is 11.5 Å². The van der Waals surface area contributed by atoms with Crippen LogP contribution < -0.4 is 16.4 Å². The van der Waals surface area contributed by atoms with Gasteiger partial charge in [-0.25, -0.2) is 0 Å². The number of benzene rings is 2. The minimum Gasteiger partial charge on any atom is -0.369 e. The first kappa shape index (κ1) is 19.9. The van der Waals surface area contributed by atoms with Gasteiger partial charge in [0.25, 0.3) is 0 Å². The van der Waals surface area contributed by atoms with Crippen LogP contribution in [0.5, 0.6) is 0 Å². The monoisotopic (exact) mass is 366 g/mol. The second-order valence-corrected chi connectivity index (χ2v) is 7.66. The zero-order chi connectivity index (χ0) is 18.9. The molecule has 1 aliphatic rings. The molecule has 1 heterocycles. The Hall–Kier alpha value is -1.88. The maximum atomic E-state index is 6.42. The van der Waals surface area contributed by atoms with Crippen molar-refractivity contribution in [3.63, 3.8) is 0 Å². The highest BCUT2D eigenvalue weighted by Crippen LogP contribution is 2.25. The van der Waals surface area contributed by atoms with Crippen LogP contribution in [0.3, 0.4) is 0 Å². The van der Waals surface area contributed by atoms with E-state index in [0.29, 0.717) is 5.92 Å². The fourth-order valence-electron chi connectivity index (χ4n) is 4.04. The van der Waals surface area contributed by atoms with E-state index < -0.39 is 0 Å². The Kier molecular flexibility index (Phi) is 7.69. The van der Waals surface area contributed by atoms with Gasteiger partial charge in [0.15, 0.2) is 0 Å². The molecule has 2 atom stereocenters. The highest BCUT2D eigenvalue weighted by molar-refractivity contribution is 5.46. The van der Waals surface area contributed by atoms with Crippen molar-refractivity contribution in [3.05, 3.63) is 66.2 Å². The molecule has 1 aliphatic heterocycles. The molecule has 4 heteroatoms. The third kappa shape index (κ3) is 6.06. The van der Waals surface area contributed by atoms with Crippen LogP contribution in [0.25, 0.3) is 0 Å². The summed E-state index contributed by atoms with van der Waals surface area (Å²) in [6, 6.07) is 21.8. The van der Waals surface area contributed by atoms with E-state index in [0.717, 1.165) is 58.5 Å². The summed E-state index contributed by atoms with van der Waals surface area (Å²) in [5.41, 5.74) is 14.8. The molecule has 0 spiro atoms. The molecule has 4 nitrogen and oxygen atoms in total. The predicted octanol–water partition coefficient (Wildman–Crippen LogP) is 3.05. The van der Waals surface area contributed by atoms with Crippen LogP contribution in [-0.2, 0) is 0 Å². The lowest BCUT2D eigenvalue weighted by Gasteiger charge is -2.38. The maximum Gasteiger partial charge on any atom is 0.0367 e. The van der Waals surface area contributed by atoms with Crippen molar-refractivity contribution in [1.82, 2.24) is 4.90 Å². The minimum atomic E-state index is 0.226. The summed E-state index contributed by atoms with van der Waals surface area (Å²) in [5.74, 6) is 0.488. The first-order valence-corrected chi connectivity index (χ1v) is 10.3. The van der Waals surface area contributed by atoms with Gasteiger partial charge in [0.05, 0.1) is 0 Å². The van der Waals surface area contributed by atoms with Crippen LogP contribution in [0.15, 0.2) is 60.7 Å². The van der Waals surface area contributed by atoms with Gasteiger partial charge in [0.2, 0.25) is 0 Å². The highest BCUT2D eigenvalue weighted by Gasteiger charge is 2.22. The molecular weight excluding hydrogens is 332 g/mol. The summed E-state index contributed by atoms with van der Waals surface area (Å²) in [7, 11) is 0. The quantitative estimate of drug-likeness (QED) is 0.716. The van der Waals surface area contributed by atoms with Crippen molar-refractivity contribution < 1.29 is 0 Å². The first-order valence-electron chi connectivity index (χ1n) is 10.3. The summed E-state index contributed by atoms with van der Waals surface area (Å²) in [4.78, 5) is 5.09. The van der Waals surface area contributed by atoms with Gasteiger partial charge in [-0.3, -0.25) is 4.90 Å². The molecule has 1 saturated heterocycles. The number of hydrogen-bond acceptors (Lipinski definition) is 4. The zero-order valence-corrected chi connectivity index (χ0v) is 16.3. The van der Waals surface area contributed by atoms with Crippen molar-refractivity contribution in [2.45, 2.75) is 31.2 Å². The number of para-hydroxylation sites is 1. The van der Waals surface area contributed by atoms with E-state index >= 15 is 0 Å². The number of piperazine rings is 1. The molecule has 2 aromatic carbocycles. The Labute approximate surface area is 164 Å². The lowest BCUT2D eigenvalue weighted by atomic mass is 9.90. The highest BCUT2D eigenvalue weighted by atomic mass is 15.3. The molecule has 1 fully saturated rings. The lowest BCUT2D eigenvalue weighted by Crippen LogP contribution is -2.47. The number of nitrogens with two attached hydrogens (primary N) is 2. The van der Waals surface area contributed by atoms with Gasteiger partial charge in [-0.2, -0.15) is 0 Å². The second kappa shape index (κ2) is 10.5. The third-order valence-electron chi connectivity index (χ3n) is 5.61. The van der Waals surface area contributed by atoms with Gasteiger partial charge in [-0.15, -0.1) is 0 Å². The van der Waals surface area contributed by atoms with E-state index in [1.165, 1.54) is 11.3 Å². The van der Waals surface area contributed by atoms with E-state index in [1.54, 1.807) is 0 Å². The van der Waals surface area contributed by atoms with Crippen molar-refractivity contribution >= 4 is 5.69 Å². The number of anilines is 1. The standard InChI is InChI=1S/C23H34N4/c24-13-7-10-22(25)18-21(20-8-3-1-4-9-20)19-26-14-16-27(17-15-26)23-11-5-2-6-12-23/h1-6,8-9,11-12,21-22H,7,10,13-19,24-25H2. The Morgan fingerprint density at radius 2 is 1.48 bits per heavy atom. The van der Waals surface area contributed by atoms with E-state index in [-0.39, 0.29) is 6.04 Å². The number of rotatable bonds is 9. The Balaban J connectivity index is 1.57. The van der Waals surface area contributed by atoms with E-state index in [9.17, 15) is 0 Å². The lowest BCUT2D eigenvalue weighted by molar-refractivity contribution is 0.234. The molecular formula is C23H34N4. The van der Waals surface area contributed by atoms with Gasteiger partial charge in [-0.05, 0) is 49.4 Å². The molecule has 27 heavy (non-hydrogen) atoms. The average molecular weight is 367 g/mol. The molecule has 0 aliphatic carbocycles. The van der Waals surface area contributed by atoms with Gasteiger partial charge in [-0.1, -0.05) is 48.5 Å². The summed E-state index contributed by atoms with van der Waals surface area (Å²) >= 11 is 0. The van der Waals surface area contributed by atoms with Crippen LogP contribution in [0.1, 0.15) is 30.7 Å². The fraction of sp³-hybridized carbons (Fsp3) is 0.478. The van der Waals surface area contributed by atoms with Gasteiger partial charge in [0, 0.05) is 44.5 Å². The van der Waals surface area contributed by atoms with Crippen LogP contribution >= 0.6 is 0 Å². The van der Waals surface area contributed by atoms with Crippen LogP contribution in [0.2, 0.25) is 0 Å². The van der Waals surface area contributed by atoms with Crippen LogP contribution in [0.4, 0.5) is 5.69 Å². The van der Waals surface area contributed by atoms with E-state index in [2.05, 4.69) is 70.5 Å². The molecule has 0 amide bonds. The smallest absolute Gasteiger partial charge is 0.0367 e. The molecule has 4 N–H and O–H groups in total. The topological polar surface area (TPSA) is 58.5 Å². The molecule has 0 aromatic heterocycles. The fourth-order valence-corrected chi connectivity index (χ4v) is 4.04. The molecule has 2 unspecified atom stereocenters. The summed E-state index contributed by atoms with van der Waals surface area (Å²) in [5, 5.41) is 0. The van der Waals surface area contributed by atoms with Crippen LogP contribution in [0, 0.1) is 0 Å². The molecule has 146 valence electrons. The van der Waals surface area contributed by atoms with Crippen LogP contribution in [-0.4, -0.2) is 50.2 Å². The molecule has 2 aromatic rings. The van der Waals surface area contributed by atoms with Crippen molar-refractivity contribution in [1.29, 1.82) is 0 Å². The predicted molar refractivity (Wildman–Crippen MR) is 115 cm³/mol. The first-order chi connectivity index (χ1) is 13.3. The van der Waals surface area contributed by atoms with Gasteiger partial charge < -0.3 is 16.4 Å². The second-order valence-electron chi connectivity index (χ2n) is 7.66. The molecule has 0 bridgehead atoms. The number of nitrogens with zero attached hydrogens (tertiary/aromatic N) is 2. The Bertz CT molecular complexity index is 638. The van der Waals surface area contributed by atoms with E-state index in [4.69, 9.17) is 11.5 Å². The summed E-state index contributed by atoms with van der Waals surface area (Å²) in [6.07, 6.45) is 3.06. The normalized spacial score (nSPS) is 17.6. The van der Waals surface area contributed by atoms with Crippen molar-refractivity contribution in [2.75, 3.05) is 44.2 Å². The Morgan fingerprint density at radius 3 is 2.11 bits per heavy atom. The van der Waals surface area contributed by atoms with Gasteiger partial charge in [0.1, 0.15) is 0 Å². The molecule has 0 radical (unpaired) electrons. The van der Waals surface area contributed by atoms with Gasteiger partial charge >= 0.3 is 0 Å². The maximum absolute atomic E-state index is 6.42. The summed E-state index contributed by atoms with van der Waals surface area (Å²) in [6.45, 7) is 6.20. The average Bonchev–Trinajstić information content (AvgIpc) is 2.73. The third-order valence-corrected chi connectivity index (χ3v) is 5.61. The Morgan fingerprint density at radius 1 is 0.852 bits per heavy atom. The zero-order valence-electron chi connectivity index (χ0n) is 16.3. The number of hydrogen-bond donors (Lipinski definition) is 2. The van der Waals surface area contributed by atoms with Crippen molar-refractivity contribution in [3.8, 4) is 0 Å². The molecule has 0 saturated carbocycles. The minimum absolute atomic E-state index is 0.226. The SMILES string of the molecule is NCCCC(N)CC(CN1CCN(c2ccccc2)CC1)c1ccccc1. The summed E-state index contributed by atoms with van der Waals surface area (Å²) < 4.78 is 0. The van der Waals surface area contributed by atoms with E-state index in [1.807, 2.05) is 0 Å².